The fourth-order valence-corrected chi connectivity index (χ4v) is 1.25. The summed E-state index contributed by atoms with van der Waals surface area (Å²) in [5, 5.41) is 3.27. The van der Waals surface area contributed by atoms with E-state index in [-0.39, 0.29) is 6.04 Å². The Labute approximate surface area is 96.0 Å². The van der Waals surface area contributed by atoms with E-state index in [4.69, 9.17) is 11.5 Å². The quantitative estimate of drug-likeness (QED) is 0.678. The fourth-order valence-electron chi connectivity index (χ4n) is 1.25. The van der Waals surface area contributed by atoms with Gasteiger partial charge in [-0.15, -0.1) is 0 Å². The molecule has 0 bridgehead atoms. The first-order valence-corrected chi connectivity index (χ1v) is 5.37. The van der Waals surface area contributed by atoms with Crippen molar-refractivity contribution >= 4 is 17.3 Å². The number of carbonyl (C=O) groups excluding carboxylic acids is 1. The van der Waals surface area contributed by atoms with E-state index in [9.17, 15) is 4.79 Å². The minimum atomic E-state index is -0.444. The average Bonchev–Trinajstić information content (AvgIpc) is 2.20. The molecule has 0 aliphatic rings. The highest BCUT2D eigenvalue weighted by Crippen LogP contribution is 2.22. The van der Waals surface area contributed by atoms with E-state index in [1.54, 1.807) is 18.2 Å². The molecule has 88 valence electrons. The van der Waals surface area contributed by atoms with Gasteiger partial charge in [0, 0.05) is 11.6 Å². The molecule has 0 radical (unpaired) electrons. The van der Waals surface area contributed by atoms with Crippen LogP contribution in [0.3, 0.4) is 0 Å². The molecule has 0 aliphatic heterocycles. The zero-order valence-electron chi connectivity index (χ0n) is 9.95. The molecule has 5 N–H and O–H groups in total. The molecule has 0 saturated heterocycles. The lowest BCUT2D eigenvalue weighted by atomic mass is 10.1. The van der Waals surface area contributed by atoms with Crippen LogP contribution in [0.2, 0.25) is 0 Å². The van der Waals surface area contributed by atoms with E-state index in [0.29, 0.717) is 17.2 Å². The Kier molecular flexibility index (Phi) is 3.77. The third kappa shape index (κ3) is 2.89. The molecule has 16 heavy (non-hydrogen) atoms. The summed E-state index contributed by atoms with van der Waals surface area (Å²) in [7, 11) is 0. The number of nitrogens with one attached hydrogen (secondary N) is 1. The van der Waals surface area contributed by atoms with E-state index < -0.39 is 5.91 Å². The van der Waals surface area contributed by atoms with Gasteiger partial charge in [0.05, 0.1) is 11.4 Å². The average molecular weight is 221 g/mol. The van der Waals surface area contributed by atoms with E-state index in [1.165, 1.54) is 0 Å². The lowest BCUT2D eigenvalue weighted by molar-refractivity contribution is 0.100. The molecule has 0 saturated carbocycles. The fraction of sp³-hybridized carbons (Fsp3) is 0.417. The Bertz CT molecular complexity index is 388. The standard InChI is InChI=1S/C12H19N3O/c1-7(2)8(3)15-11-6-9(12(14)16)4-5-10(11)13/h4-8,15H,13H2,1-3H3,(H2,14,16). The number of anilines is 2. The lowest BCUT2D eigenvalue weighted by Crippen LogP contribution is -2.22. The van der Waals surface area contributed by atoms with Crippen LogP contribution in [0.25, 0.3) is 0 Å². The van der Waals surface area contributed by atoms with Crippen LogP contribution < -0.4 is 16.8 Å². The van der Waals surface area contributed by atoms with E-state index in [0.717, 1.165) is 5.69 Å². The third-order valence-corrected chi connectivity index (χ3v) is 2.72. The first kappa shape index (κ1) is 12.4. The number of hydrogen-bond acceptors (Lipinski definition) is 3. The zero-order chi connectivity index (χ0) is 12.3. The molecular weight excluding hydrogens is 202 g/mol. The minimum absolute atomic E-state index is 0.283. The van der Waals surface area contributed by atoms with Crippen LogP contribution in [-0.4, -0.2) is 11.9 Å². The second kappa shape index (κ2) is 4.88. The number of nitrogens with two attached hydrogens (primary N) is 2. The van der Waals surface area contributed by atoms with Crippen molar-refractivity contribution in [3.05, 3.63) is 23.8 Å². The van der Waals surface area contributed by atoms with Gasteiger partial charge in [-0.25, -0.2) is 0 Å². The molecule has 4 nitrogen and oxygen atoms in total. The SMILES string of the molecule is CC(C)C(C)Nc1cc(C(N)=O)ccc1N. The number of carbonyl (C=O) groups is 1. The highest BCUT2D eigenvalue weighted by molar-refractivity contribution is 5.94. The van der Waals surface area contributed by atoms with Gasteiger partial charge in [-0.2, -0.15) is 0 Å². The van der Waals surface area contributed by atoms with Crippen molar-refractivity contribution < 1.29 is 4.79 Å². The topological polar surface area (TPSA) is 81.1 Å². The zero-order valence-corrected chi connectivity index (χ0v) is 9.95. The number of primary amides is 1. The second-order valence-electron chi connectivity index (χ2n) is 4.34. The number of hydrogen-bond donors (Lipinski definition) is 3. The van der Waals surface area contributed by atoms with Gasteiger partial charge in [0.2, 0.25) is 5.91 Å². The molecule has 0 fully saturated rings. The maximum absolute atomic E-state index is 11.0. The molecular formula is C12H19N3O. The molecule has 1 aromatic carbocycles. The van der Waals surface area contributed by atoms with Crippen LogP contribution in [0.4, 0.5) is 11.4 Å². The first-order valence-electron chi connectivity index (χ1n) is 5.37. The number of nitrogen functional groups attached to an aromatic ring is 1. The van der Waals surface area contributed by atoms with Crippen molar-refractivity contribution in [2.24, 2.45) is 11.7 Å². The smallest absolute Gasteiger partial charge is 0.248 e. The van der Waals surface area contributed by atoms with Crippen molar-refractivity contribution in [3.8, 4) is 0 Å². The van der Waals surface area contributed by atoms with Gasteiger partial charge >= 0.3 is 0 Å². The molecule has 0 aromatic heterocycles. The Hall–Kier alpha value is -1.71. The largest absolute Gasteiger partial charge is 0.397 e. The number of benzene rings is 1. The first-order chi connectivity index (χ1) is 7.41. The molecule has 1 aromatic rings. The van der Waals surface area contributed by atoms with Crippen LogP contribution in [0.15, 0.2) is 18.2 Å². The van der Waals surface area contributed by atoms with Crippen molar-refractivity contribution in [2.75, 3.05) is 11.1 Å². The summed E-state index contributed by atoms with van der Waals surface area (Å²) in [5.41, 5.74) is 12.9. The normalized spacial score (nSPS) is 12.5. The predicted octanol–water partition coefficient (Wildman–Crippen LogP) is 1.82. The second-order valence-corrected chi connectivity index (χ2v) is 4.34. The molecule has 0 heterocycles. The number of rotatable bonds is 4. The Morgan fingerprint density at radius 2 is 1.94 bits per heavy atom. The monoisotopic (exact) mass is 221 g/mol. The summed E-state index contributed by atoms with van der Waals surface area (Å²) in [6, 6.07) is 5.29. The maximum atomic E-state index is 11.0. The van der Waals surface area contributed by atoms with Crippen molar-refractivity contribution in [1.29, 1.82) is 0 Å². The van der Waals surface area contributed by atoms with Gasteiger partial charge in [0.25, 0.3) is 0 Å². The van der Waals surface area contributed by atoms with Crippen LogP contribution in [-0.2, 0) is 0 Å². The summed E-state index contributed by atoms with van der Waals surface area (Å²) >= 11 is 0. The Balaban J connectivity index is 2.94. The molecule has 1 rings (SSSR count). The van der Waals surface area contributed by atoms with Crippen LogP contribution in [0, 0.1) is 5.92 Å². The van der Waals surface area contributed by atoms with E-state index >= 15 is 0 Å². The van der Waals surface area contributed by atoms with Gasteiger partial charge in [0.15, 0.2) is 0 Å². The van der Waals surface area contributed by atoms with Gasteiger partial charge in [-0.1, -0.05) is 13.8 Å². The van der Waals surface area contributed by atoms with Crippen LogP contribution in [0.5, 0.6) is 0 Å². The lowest BCUT2D eigenvalue weighted by Gasteiger charge is -2.20. The molecule has 1 unspecified atom stereocenters. The highest BCUT2D eigenvalue weighted by atomic mass is 16.1. The maximum Gasteiger partial charge on any atom is 0.248 e. The van der Waals surface area contributed by atoms with Gasteiger partial charge in [-0.05, 0) is 31.0 Å². The van der Waals surface area contributed by atoms with Crippen LogP contribution >= 0.6 is 0 Å². The summed E-state index contributed by atoms with van der Waals surface area (Å²) in [6.07, 6.45) is 0. The van der Waals surface area contributed by atoms with Crippen LogP contribution in [0.1, 0.15) is 31.1 Å². The Morgan fingerprint density at radius 1 is 1.31 bits per heavy atom. The molecule has 4 heteroatoms. The molecule has 0 aliphatic carbocycles. The molecule has 1 amide bonds. The Morgan fingerprint density at radius 3 is 2.44 bits per heavy atom. The van der Waals surface area contributed by atoms with Crippen molar-refractivity contribution in [3.63, 3.8) is 0 Å². The third-order valence-electron chi connectivity index (χ3n) is 2.72. The van der Waals surface area contributed by atoms with Crippen molar-refractivity contribution in [1.82, 2.24) is 0 Å². The van der Waals surface area contributed by atoms with Gasteiger partial charge in [-0.3, -0.25) is 4.79 Å². The van der Waals surface area contributed by atoms with E-state index in [1.807, 2.05) is 0 Å². The van der Waals surface area contributed by atoms with E-state index in [2.05, 4.69) is 26.1 Å². The van der Waals surface area contributed by atoms with Gasteiger partial charge < -0.3 is 16.8 Å². The molecule has 1 atom stereocenters. The van der Waals surface area contributed by atoms with Gasteiger partial charge in [0.1, 0.15) is 0 Å². The highest BCUT2D eigenvalue weighted by Gasteiger charge is 2.10. The minimum Gasteiger partial charge on any atom is -0.397 e. The number of amides is 1. The summed E-state index contributed by atoms with van der Waals surface area (Å²) < 4.78 is 0. The predicted molar refractivity (Wildman–Crippen MR) is 67.3 cm³/mol. The summed E-state index contributed by atoms with van der Waals surface area (Å²) in [6.45, 7) is 6.30. The summed E-state index contributed by atoms with van der Waals surface area (Å²) in [4.78, 5) is 11.0. The molecule has 0 spiro atoms. The summed E-state index contributed by atoms with van der Waals surface area (Å²) in [5.74, 6) is 0.0388. The van der Waals surface area contributed by atoms with Crippen molar-refractivity contribution in [2.45, 2.75) is 26.8 Å².